The molecule has 4 rings (SSSR count). The molecule has 1 N–H and O–H groups in total. The molecule has 2 aromatic heterocycles. The number of carbonyl (C=O) groups excluding carboxylic acids is 1. The zero-order valence-electron chi connectivity index (χ0n) is 18.3. The lowest BCUT2D eigenvalue weighted by Crippen LogP contribution is -2.15. The molecule has 0 spiro atoms. The Labute approximate surface area is 185 Å². The summed E-state index contributed by atoms with van der Waals surface area (Å²) in [5.74, 6) is 0.155. The molecule has 0 atom stereocenters. The highest BCUT2D eigenvalue weighted by molar-refractivity contribution is 5.92. The number of nitriles is 1. The highest BCUT2D eigenvalue weighted by atomic mass is 19.1. The van der Waals surface area contributed by atoms with E-state index < -0.39 is 5.82 Å². The van der Waals surface area contributed by atoms with Crippen LogP contribution in [-0.2, 0) is 24.8 Å². The lowest BCUT2D eigenvalue weighted by atomic mass is 10.0. The summed E-state index contributed by atoms with van der Waals surface area (Å²) in [6.45, 7) is 4.70. The van der Waals surface area contributed by atoms with Crippen LogP contribution in [0.2, 0.25) is 0 Å². The van der Waals surface area contributed by atoms with Gasteiger partial charge in [-0.1, -0.05) is 26.0 Å². The number of nitrogens with zero attached hydrogens (tertiary/aromatic N) is 4. The van der Waals surface area contributed by atoms with Gasteiger partial charge in [0.05, 0.1) is 18.5 Å². The Morgan fingerprint density at radius 2 is 1.97 bits per heavy atom. The van der Waals surface area contributed by atoms with Crippen molar-refractivity contribution in [1.82, 2.24) is 14.3 Å². The van der Waals surface area contributed by atoms with Crippen molar-refractivity contribution in [3.8, 4) is 6.07 Å². The van der Waals surface area contributed by atoms with Gasteiger partial charge in [-0.3, -0.25) is 9.48 Å². The number of benzene rings is 2. The van der Waals surface area contributed by atoms with Crippen LogP contribution in [0.4, 0.5) is 10.2 Å². The fourth-order valence-corrected chi connectivity index (χ4v) is 3.87. The van der Waals surface area contributed by atoms with Crippen LogP contribution in [0.25, 0.3) is 10.9 Å². The van der Waals surface area contributed by atoms with Crippen molar-refractivity contribution in [2.45, 2.75) is 32.7 Å². The van der Waals surface area contributed by atoms with Crippen LogP contribution >= 0.6 is 0 Å². The number of fused-ring (bicyclic) bond motifs is 1. The van der Waals surface area contributed by atoms with Gasteiger partial charge in [0.25, 0.3) is 0 Å². The largest absolute Gasteiger partial charge is 0.350 e. The van der Waals surface area contributed by atoms with Gasteiger partial charge in [-0.25, -0.2) is 4.39 Å². The van der Waals surface area contributed by atoms with Gasteiger partial charge in [-0.15, -0.1) is 0 Å². The van der Waals surface area contributed by atoms with Crippen molar-refractivity contribution in [3.63, 3.8) is 0 Å². The molecule has 0 saturated heterocycles. The summed E-state index contributed by atoms with van der Waals surface area (Å²) >= 11 is 0. The zero-order valence-corrected chi connectivity index (χ0v) is 18.3. The number of anilines is 1. The van der Waals surface area contributed by atoms with Gasteiger partial charge in [0.2, 0.25) is 5.91 Å². The fraction of sp³-hybridized carbons (Fsp3) is 0.240. The molecule has 2 heterocycles. The van der Waals surface area contributed by atoms with Gasteiger partial charge < -0.3 is 9.88 Å². The van der Waals surface area contributed by atoms with Crippen molar-refractivity contribution in [3.05, 3.63) is 82.9 Å². The number of aryl methyl sites for hydroxylation is 1. The molecule has 0 fully saturated rings. The maximum atomic E-state index is 13.5. The van der Waals surface area contributed by atoms with Gasteiger partial charge >= 0.3 is 0 Å². The summed E-state index contributed by atoms with van der Waals surface area (Å²) in [6.07, 6.45) is 4.13. The standard InChI is InChI=1S/C25H24FN5O/c1-16(2)21-15-30(3)23-7-5-17(11-20(21)23)12-25(32)28-24-8-9-31(29-24)14-18-4-6-22(26)19(10-18)13-27/h4-11,15-16H,12,14H2,1-3H3,(H,28,29,32). The molecule has 162 valence electrons. The zero-order chi connectivity index (χ0) is 22.8. The average molecular weight is 429 g/mol. The number of rotatable bonds is 6. The van der Waals surface area contributed by atoms with Crippen LogP contribution in [0.1, 0.15) is 42.0 Å². The van der Waals surface area contributed by atoms with Crippen LogP contribution in [0.3, 0.4) is 0 Å². The maximum absolute atomic E-state index is 13.5. The van der Waals surface area contributed by atoms with Crippen molar-refractivity contribution < 1.29 is 9.18 Å². The van der Waals surface area contributed by atoms with E-state index in [9.17, 15) is 9.18 Å². The first kappa shape index (κ1) is 21.3. The minimum Gasteiger partial charge on any atom is -0.350 e. The van der Waals surface area contributed by atoms with Crippen molar-refractivity contribution in [2.75, 3.05) is 5.32 Å². The number of aromatic nitrogens is 3. The van der Waals surface area contributed by atoms with Crippen molar-refractivity contribution in [1.29, 1.82) is 5.26 Å². The van der Waals surface area contributed by atoms with Crippen LogP contribution < -0.4 is 5.32 Å². The predicted molar refractivity (Wildman–Crippen MR) is 122 cm³/mol. The molecule has 6 nitrogen and oxygen atoms in total. The number of amides is 1. The van der Waals surface area contributed by atoms with E-state index in [4.69, 9.17) is 5.26 Å². The van der Waals surface area contributed by atoms with Gasteiger partial charge in [0, 0.05) is 36.4 Å². The second kappa shape index (κ2) is 8.67. The van der Waals surface area contributed by atoms with Crippen LogP contribution in [0.5, 0.6) is 0 Å². The minimum absolute atomic E-state index is 0.000748. The number of hydrogen-bond donors (Lipinski definition) is 1. The number of hydrogen-bond acceptors (Lipinski definition) is 3. The molecule has 0 bridgehead atoms. The lowest BCUT2D eigenvalue weighted by Gasteiger charge is -2.06. The van der Waals surface area contributed by atoms with Crippen LogP contribution in [0, 0.1) is 17.1 Å². The van der Waals surface area contributed by atoms with E-state index in [1.807, 2.05) is 19.2 Å². The maximum Gasteiger partial charge on any atom is 0.229 e. The quantitative estimate of drug-likeness (QED) is 0.481. The first-order chi connectivity index (χ1) is 15.3. The SMILES string of the molecule is CC(C)c1cn(C)c2ccc(CC(=O)Nc3ccn(Cc4ccc(F)c(C#N)c4)n3)cc12. The Bertz CT molecular complexity index is 1340. The van der Waals surface area contributed by atoms with Gasteiger partial charge in [0.15, 0.2) is 5.82 Å². The van der Waals surface area contributed by atoms with Crippen LogP contribution in [-0.4, -0.2) is 20.3 Å². The molecule has 2 aromatic carbocycles. The van der Waals surface area contributed by atoms with Crippen molar-refractivity contribution in [2.24, 2.45) is 7.05 Å². The van der Waals surface area contributed by atoms with E-state index >= 15 is 0 Å². The van der Waals surface area contributed by atoms with E-state index in [2.05, 4.69) is 47.2 Å². The summed E-state index contributed by atoms with van der Waals surface area (Å²) in [4.78, 5) is 12.6. The smallest absolute Gasteiger partial charge is 0.229 e. The average Bonchev–Trinajstić information content (AvgIpc) is 3.33. The highest BCUT2D eigenvalue weighted by Crippen LogP contribution is 2.28. The molecular weight excluding hydrogens is 405 g/mol. The number of nitrogens with one attached hydrogen (secondary N) is 1. The van der Waals surface area contributed by atoms with Crippen molar-refractivity contribution >= 4 is 22.6 Å². The van der Waals surface area contributed by atoms with E-state index in [0.29, 0.717) is 18.3 Å². The highest BCUT2D eigenvalue weighted by Gasteiger charge is 2.13. The molecule has 0 aliphatic heterocycles. The van der Waals surface area contributed by atoms with Crippen LogP contribution in [0.15, 0.2) is 54.9 Å². The number of halogens is 1. The molecule has 4 aromatic rings. The molecular formula is C25H24FN5O. The Kier molecular flexibility index (Phi) is 5.78. The summed E-state index contributed by atoms with van der Waals surface area (Å²) in [6, 6.07) is 14.0. The number of carbonyl (C=O) groups is 1. The Hall–Kier alpha value is -3.92. The third kappa shape index (κ3) is 4.40. The molecule has 0 aliphatic rings. The van der Waals surface area contributed by atoms with E-state index in [1.165, 1.54) is 23.1 Å². The Morgan fingerprint density at radius 3 is 2.72 bits per heavy atom. The van der Waals surface area contributed by atoms with Gasteiger partial charge in [-0.2, -0.15) is 10.4 Å². The van der Waals surface area contributed by atoms with E-state index in [-0.39, 0.29) is 17.9 Å². The molecule has 1 amide bonds. The lowest BCUT2D eigenvalue weighted by molar-refractivity contribution is -0.115. The first-order valence-electron chi connectivity index (χ1n) is 10.4. The predicted octanol–water partition coefficient (Wildman–Crippen LogP) is 4.74. The second-order valence-corrected chi connectivity index (χ2v) is 8.25. The third-order valence-electron chi connectivity index (χ3n) is 5.48. The topological polar surface area (TPSA) is 75.6 Å². The second-order valence-electron chi connectivity index (χ2n) is 8.25. The molecule has 0 radical (unpaired) electrons. The monoisotopic (exact) mass is 429 g/mol. The van der Waals surface area contributed by atoms with Gasteiger partial charge in [-0.05, 0) is 46.9 Å². The minimum atomic E-state index is -0.543. The Balaban J connectivity index is 1.43. The van der Waals surface area contributed by atoms with E-state index in [0.717, 1.165) is 16.6 Å². The fourth-order valence-electron chi connectivity index (χ4n) is 3.87. The molecule has 0 unspecified atom stereocenters. The molecule has 7 heteroatoms. The summed E-state index contributed by atoms with van der Waals surface area (Å²) in [5, 5.41) is 17.3. The normalized spacial score (nSPS) is 11.1. The van der Waals surface area contributed by atoms with Gasteiger partial charge in [0.1, 0.15) is 11.9 Å². The summed E-state index contributed by atoms with van der Waals surface area (Å²) in [7, 11) is 2.03. The third-order valence-corrected chi connectivity index (χ3v) is 5.48. The van der Waals surface area contributed by atoms with E-state index in [1.54, 1.807) is 23.0 Å². The molecule has 32 heavy (non-hydrogen) atoms. The molecule has 0 aliphatic carbocycles. The summed E-state index contributed by atoms with van der Waals surface area (Å²) < 4.78 is 17.2. The Morgan fingerprint density at radius 1 is 1.19 bits per heavy atom. The molecule has 0 saturated carbocycles. The first-order valence-corrected chi connectivity index (χ1v) is 10.4. The summed E-state index contributed by atoms with van der Waals surface area (Å²) in [5.41, 5.74) is 4.11.